The fourth-order valence-electron chi connectivity index (χ4n) is 2.99. The number of rotatable bonds is 5. The fraction of sp³-hybridized carbons (Fsp3) is 0.500. The Labute approximate surface area is 128 Å². The van der Waals surface area contributed by atoms with Crippen LogP contribution in [0.1, 0.15) is 33.4 Å². The van der Waals surface area contributed by atoms with Crippen molar-refractivity contribution in [2.45, 2.75) is 34.6 Å². The van der Waals surface area contributed by atoms with Crippen molar-refractivity contribution in [3.8, 4) is 0 Å². The van der Waals surface area contributed by atoms with E-state index in [0.29, 0.717) is 17.8 Å². The molecule has 0 fully saturated rings. The molecular formula is C18H27N3. The van der Waals surface area contributed by atoms with Crippen LogP contribution in [0.2, 0.25) is 0 Å². The molecule has 0 radical (unpaired) electrons. The number of aryl methyl sites for hydroxylation is 1. The molecule has 1 aromatic heterocycles. The average Bonchev–Trinajstić information content (AvgIpc) is 2.38. The number of anilines is 2. The van der Waals surface area contributed by atoms with Gasteiger partial charge in [-0.05, 0) is 48.9 Å². The molecule has 3 nitrogen and oxygen atoms in total. The van der Waals surface area contributed by atoms with E-state index >= 15 is 0 Å². The molecule has 21 heavy (non-hydrogen) atoms. The number of nitrogens with two attached hydrogens (primary N) is 1. The molecule has 0 aliphatic carbocycles. The van der Waals surface area contributed by atoms with Crippen molar-refractivity contribution in [1.82, 2.24) is 4.98 Å². The number of aromatic nitrogens is 1. The number of hydrogen-bond acceptors (Lipinski definition) is 3. The van der Waals surface area contributed by atoms with E-state index in [-0.39, 0.29) is 0 Å². The molecule has 2 rings (SSSR count). The third kappa shape index (κ3) is 3.66. The molecule has 2 aromatic rings. The van der Waals surface area contributed by atoms with Gasteiger partial charge in [-0.2, -0.15) is 0 Å². The zero-order valence-corrected chi connectivity index (χ0v) is 13.8. The second-order valence-corrected chi connectivity index (χ2v) is 6.62. The van der Waals surface area contributed by atoms with E-state index in [2.05, 4.69) is 44.1 Å². The Morgan fingerprint density at radius 2 is 1.76 bits per heavy atom. The van der Waals surface area contributed by atoms with Crippen molar-refractivity contribution in [2.24, 2.45) is 17.8 Å². The Kier molecular flexibility index (Phi) is 4.71. The first-order chi connectivity index (χ1) is 9.88. The Morgan fingerprint density at radius 1 is 1.10 bits per heavy atom. The van der Waals surface area contributed by atoms with E-state index in [9.17, 15) is 0 Å². The van der Waals surface area contributed by atoms with Crippen molar-refractivity contribution >= 4 is 22.3 Å². The summed E-state index contributed by atoms with van der Waals surface area (Å²) < 4.78 is 0. The Morgan fingerprint density at radius 3 is 2.38 bits per heavy atom. The molecule has 0 aliphatic heterocycles. The highest BCUT2D eigenvalue weighted by Gasteiger charge is 2.17. The molecule has 3 N–H and O–H groups in total. The van der Waals surface area contributed by atoms with E-state index in [1.54, 1.807) is 0 Å². The van der Waals surface area contributed by atoms with Crippen LogP contribution in [0.15, 0.2) is 24.3 Å². The van der Waals surface area contributed by atoms with Crippen LogP contribution in [0, 0.1) is 24.7 Å². The fourth-order valence-corrected chi connectivity index (χ4v) is 2.99. The first-order valence-electron chi connectivity index (χ1n) is 7.79. The van der Waals surface area contributed by atoms with E-state index < -0.39 is 0 Å². The lowest BCUT2D eigenvalue weighted by molar-refractivity contribution is 0.304. The zero-order chi connectivity index (χ0) is 15.6. The molecule has 0 amide bonds. The van der Waals surface area contributed by atoms with Crippen molar-refractivity contribution in [3.05, 3.63) is 30.0 Å². The summed E-state index contributed by atoms with van der Waals surface area (Å²) in [5, 5.41) is 4.73. The topological polar surface area (TPSA) is 50.9 Å². The van der Waals surface area contributed by atoms with Gasteiger partial charge in [0, 0.05) is 29.0 Å². The SMILES string of the molecule is Cc1cc(NCC(C(C)C)C(C)C)c2cc(N)ccc2n1. The Bertz CT molecular complexity index is 609. The zero-order valence-electron chi connectivity index (χ0n) is 13.8. The molecule has 0 spiro atoms. The second kappa shape index (κ2) is 6.33. The predicted octanol–water partition coefficient (Wildman–Crippen LogP) is 4.47. The summed E-state index contributed by atoms with van der Waals surface area (Å²) >= 11 is 0. The Balaban J connectivity index is 2.31. The number of benzene rings is 1. The molecule has 0 bridgehead atoms. The van der Waals surface area contributed by atoms with Gasteiger partial charge in [-0.25, -0.2) is 0 Å². The minimum Gasteiger partial charge on any atom is -0.399 e. The summed E-state index contributed by atoms with van der Waals surface area (Å²) in [4.78, 5) is 4.58. The van der Waals surface area contributed by atoms with Crippen molar-refractivity contribution in [2.75, 3.05) is 17.6 Å². The van der Waals surface area contributed by atoms with E-state index in [1.165, 1.54) is 0 Å². The number of fused-ring (bicyclic) bond motifs is 1. The van der Waals surface area contributed by atoms with Crippen LogP contribution < -0.4 is 11.1 Å². The monoisotopic (exact) mass is 285 g/mol. The molecular weight excluding hydrogens is 258 g/mol. The molecule has 0 saturated carbocycles. The Hall–Kier alpha value is -1.77. The first kappa shape index (κ1) is 15.6. The number of hydrogen-bond donors (Lipinski definition) is 2. The van der Waals surface area contributed by atoms with E-state index in [1.807, 2.05) is 25.1 Å². The molecule has 3 heteroatoms. The quantitative estimate of drug-likeness (QED) is 0.797. The van der Waals surface area contributed by atoms with Gasteiger partial charge in [0.05, 0.1) is 5.52 Å². The lowest BCUT2D eigenvalue weighted by Gasteiger charge is -2.26. The molecule has 0 aliphatic rings. The standard InChI is InChI=1S/C18H27N3/c1-11(2)16(12(3)4)10-20-18-8-13(5)21-17-7-6-14(19)9-15(17)18/h6-9,11-12,16H,10,19H2,1-5H3,(H,20,21). The molecule has 114 valence electrons. The van der Waals surface area contributed by atoms with Gasteiger partial charge in [0.15, 0.2) is 0 Å². The maximum atomic E-state index is 5.93. The van der Waals surface area contributed by atoms with Crippen LogP contribution in [0.3, 0.4) is 0 Å². The van der Waals surface area contributed by atoms with Gasteiger partial charge < -0.3 is 11.1 Å². The van der Waals surface area contributed by atoms with Crippen LogP contribution >= 0.6 is 0 Å². The normalized spacial score (nSPS) is 11.8. The molecule has 0 unspecified atom stereocenters. The molecule has 1 aromatic carbocycles. The number of nitrogens with one attached hydrogen (secondary N) is 1. The van der Waals surface area contributed by atoms with Crippen LogP contribution in [0.5, 0.6) is 0 Å². The van der Waals surface area contributed by atoms with Crippen molar-refractivity contribution in [1.29, 1.82) is 0 Å². The highest BCUT2D eigenvalue weighted by molar-refractivity contribution is 5.93. The summed E-state index contributed by atoms with van der Waals surface area (Å²) in [6, 6.07) is 8.01. The minimum absolute atomic E-state index is 0.648. The molecule has 0 atom stereocenters. The maximum Gasteiger partial charge on any atom is 0.0727 e. The third-order valence-corrected chi connectivity index (χ3v) is 4.20. The van der Waals surface area contributed by atoms with Crippen LogP contribution in [0.4, 0.5) is 11.4 Å². The van der Waals surface area contributed by atoms with Crippen molar-refractivity contribution in [3.63, 3.8) is 0 Å². The smallest absolute Gasteiger partial charge is 0.0727 e. The largest absolute Gasteiger partial charge is 0.399 e. The van der Waals surface area contributed by atoms with Crippen LogP contribution in [0.25, 0.3) is 10.9 Å². The summed E-state index contributed by atoms with van der Waals surface area (Å²) in [7, 11) is 0. The first-order valence-corrected chi connectivity index (χ1v) is 7.79. The molecule has 1 heterocycles. The third-order valence-electron chi connectivity index (χ3n) is 4.20. The van der Waals surface area contributed by atoms with Gasteiger partial charge in [0.2, 0.25) is 0 Å². The van der Waals surface area contributed by atoms with Gasteiger partial charge >= 0.3 is 0 Å². The average molecular weight is 285 g/mol. The van der Waals surface area contributed by atoms with Gasteiger partial charge in [-0.3, -0.25) is 4.98 Å². The van der Waals surface area contributed by atoms with Crippen LogP contribution in [-0.4, -0.2) is 11.5 Å². The summed E-state index contributed by atoms with van der Waals surface area (Å²) in [6.07, 6.45) is 0. The summed E-state index contributed by atoms with van der Waals surface area (Å²) in [6.45, 7) is 12.2. The van der Waals surface area contributed by atoms with Crippen molar-refractivity contribution < 1.29 is 0 Å². The summed E-state index contributed by atoms with van der Waals surface area (Å²) in [5.74, 6) is 1.98. The minimum atomic E-state index is 0.648. The van der Waals surface area contributed by atoms with Gasteiger partial charge in [-0.15, -0.1) is 0 Å². The van der Waals surface area contributed by atoms with Gasteiger partial charge in [0.1, 0.15) is 0 Å². The number of nitrogens with zero attached hydrogens (tertiary/aromatic N) is 1. The maximum absolute atomic E-state index is 5.93. The summed E-state index contributed by atoms with van der Waals surface area (Å²) in [5.41, 5.74) is 9.87. The predicted molar refractivity (Wildman–Crippen MR) is 92.5 cm³/mol. The molecule has 0 saturated heterocycles. The highest BCUT2D eigenvalue weighted by Crippen LogP contribution is 2.27. The lowest BCUT2D eigenvalue weighted by Crippen LogP contribution is -2.24. The second-order valence-electron chi connectivity index (χ2n) is 6.62. The van der Waals surface area contributed by atoms with E-state index in [0.717, 1.165) is 34.5 Å². The van der Waals surface area contributed by atoms with Gasteiger partial charge in [0.25, 0.3) is 0 Å². The number of nitrogen functional groups attached to an aromatic ring is 1. The number of pyridine rings is 1. The lowest BCUT2D eigenvalue weighted by atomic mass is 9.85. The van der Waals surface area contributed by atoms with Gasteiger partial charge in [-0.1, -0.05) is 27.7 Å². The highest BCUT2D eigenvalue weighted by atomic mass is 14.9. The van der Waals surface area contributed by atoms with E-state index in [4.69, 9.17) is 5.73 Å². The van der Waals surface area contributed by atoms with Crippen LogP contribution in [-0.2, 0) is 0 Å².